The predicted molar refractivity (Wildman–Crippen MR) is 70.9 cm³/mol. The zero-order chi connectivity index (χ0) is 12.2. The second kappa shape index (κ2) is 5.99. The van der Waals surface area contributed by atoms with Crippen molar-refractivity contribution >= 4 is 0 Å². The minimum atomic E-state index is 0.247. The Kier molecular flexibility index (Phi) is 5.22. The lowest BCUT2D eigenvalue weighted by atomic mass is 10.1. The molecule has 1 saturated heterocycles. The fourth-order valence-corrected chi connectivity index (χ4v) is 2.39. The van der Waals surface area contributed by atoms with Gasteiger partial charge in [0.15, 0.2) is 0 Å². The van der Waals surface area contributed by atoms with Crippen molar-refractivity contribution in [2.45, 2.75) is 45.2 Å². The number of nitrogens with zero attached hydrogens (tertiary/aromatic N) is 2. The van der Waals surface area contributed by atoms with Crippen LogP contribution in [0.2, 0.25) is 0 Å². The summed E-state index contributed by atoms with van der Waals surface area (Å²) in [4.78, 5) is 4.94. The summed E-state index contributed by atoms with van der Waals surface area (Å²) in [6.45, 7) is 11.5. The number of hydrogen-bond donors (Lipinski definition) is 1. The van der Waals surface area contributed by atoms with Gasteiger partial charge in [0.2, 0.25) is 0 Å². The Labute approximate surface area is 101 Å². The standard InChI is InChI=1S/C13H29N3/c1-13(2,3)14-8-10-16-9-6-7-12(16)11-15(4)5/h12,14H,6-11H2,1-5H3. The third-order valence-electron chi connectivity index (χ3n) is 3.13. The Morgan fingerprint density at radius 1 is 1.31 bits per heavy atom. The van der Waals surface area contributed by atoms with E-state index >= 15 is 0 Å². The van der Waals surface area contributed by atoms with Gasteiger partial charge in [0.05, 0.1) is 0 Å². The molecule has 3 heteroatoms. The molecule has 3 nitrogen and oxygen atoms in total. The molecule has 1 heterocycles. The van der Waals surface area contributed by atoms with Crippen LogP contribution < -0.4 is 5.32 Å². The lowest BCUT2D eigenvalue weighted by Crippen LogP contribution is -2.44. The molecule has 0 saturated carbocycles. The maximum absolute atomic E-state index is 3.57. The van der Waals surface area contributed by atoms with Crippen LogP contribution >= 0.6 is 0 Å². The molecule has 0 spiro atoms. The molecular weight excluding hydrogens is 198 g/mol. The average molecular weight is 227 g/mol. The van der Waals surface area contributed by atoms with Crippen molar-refractivity contribution in [3.8, 4) is 0 Å². The summed E-state index contributed by atoms with van der Waals surface area (Å²) in [5.41, 5.74) is 0.247. The molecule has 0 aromatic carbocycles. The van der Waals surface area contributed by atoms with Crippen LogP contribution in [0.25, 0.3) is 0 Å². The Morgan fingerprint density at radius 3 is 2.56 bits per heavy atom. The molecule has 0 aromatic heterocycles. The van der Waals surface area contributed by atoms with Crippen molar-refractivity contribution in [3.63, 3.8) is 0 Å². The number of likely N-dealkylation sites (tertiary alicyclic amines) is 1. The van der Waals surface area contributed by atoms with Crippen LogP contribution in [0, 0.1) is 0 Å². The van der Waals surface area contributed by atoms with Gasteiger partial charge in [0.1, 0.15) is 0 Å². The van der Waals surface area contributed by atoms with Crippen LogP contribution in [-0.4, -0.2) is 61.7 Å². The number of nitrogens with one attached hydrogen (secondary N) is 1. The summed E-state index contributed by atoms with van der Waals surface area (Å²) in [6, 6.07) is 0.775. The van der Waals surface area contributed by atoms with Gasteiger partial charge >= 0.3 is 0 Å². The maximum atomic E-state index is 3.57. The topological polar surface area (TPSA) is 18.5 Å². The van der Waals surface area contributed by atoms with E-state index in [2.05, 4.69) is 50.0 Å². The van der Waals surface area contributed by atoms with E-state index in [0.29, 0.717) is 0 Å². The Balaban J connectivity index is 2.25. The van der Waals surface area contributed by atoms with E-state index in [1.54, 1.807) is 0 Å². The number of rotatable bonds is 5. The Hall–Kier alpha value is -0.120. The highest BCUT2D eigenvalue weighted by Gasteiger charge is 2.24. The van der Waals surface area contributed by atoms with Gasteiger partial charge in [-0.2, -0.15) is 0 Å². The lowest BCUT2D eigenvalue weighted by molar-refractivity contribution is 0.203. The van der Waals surface area contributed by atoms with Crippen molar-refractivity contribution in [2.75, 3.05) is 40.3 Å². The third-order valence-corrected chi connectivity index (χ3v) is 3.13. The Bertz CT molecular complexity index is 196. The van der Waals surface area contributed by atoms with Crippen LogP contribution in [-0.2, 0) is 0 Å². The smallest absolute Gasteiger partial charge is 0.0223 e. The maximum Gasteiger partial charge on any atom is 0.0223 e. The summed E-state index contributed by atoms with van der Waals surface area (Å²) in [5, 5.41) is 3.57. The van der Waals surface area contributed by atoms with Gasteiger partial charge in [-0.3, -0.25) is 4.90 Å². The summed E-state index contributed by atoms with van der Waals surface area (Å²) in [6.07, 6.45) is 2.74. The molecule has 96 valence electrons. The Morgan fingerprint density at radius 2 is 2.00 bits per heavy atom. The molecule has 16 heavy (non-hydrogen) atoms. The van der Waals surface area contributed by atoms with Crippen molar-refractivity contribution in [3.05, 3.63) is 0 Å². The first-order valence-corrected chi connectivity index (χ1v) is 6.52. The van der Waals surface area contributed by atoms with Gasteiger partial charge in [0.25, 0.3) is 0 Å². The van der Waals surface area contributed by atoms with Crippen molar-refractivity contribution in [1.29, 1.82) is 0 Å². The zero-order valence-corrected chi connectivity index (χ0v) is 11.7. The molecule has 0 amide bonds. The van der Waals surface area contributed by atoms with Gasteiger partial charge in [-0.25, -0.2) is 0 Å². The summed E-state index contributed by atoms with van der Waals surface area (Å²) in [7, 11) is 4.34. The van der Waals surface area contributed by atoms with E-state index in [0.717, 1.165) is 12.6 Å². The molecule has 1 fully saturated rings. The molecule has 0 aromatic rings. The van der Waals surface area contributed by atoms with Crippen molar-refractivity contribution in [1.82, 2.24) is 15.1 Å². The first-order chi connectivity index (χ1) is 7.38. The van der Waals surface area contributed by atoms with Crippen molar-refractivity contribution in [2.24, 2.45) is 0 Å². The van der Waals surface area contributed by atoms with Gasteiger partial charge in [-0.15, -0.1) is 0 Å². The van der Waals surface area contributed by atoms with E-state index in [4.69, 9.17) is 0 Å². The highest BCUT2D eigenvalue weighted by Crippen LogP contribution is 2.16. The second-order valence-corrected chi connectivity index (χ2v) is 6.27. The van der Waals surface area contributed by atoms with Crippen molar-refractivity contribution < 1.29 is 0 Å². The van der Waals surface area contributed by atoms with E-state index in [1.807, 2.05) is 0 Å². The lowest BCUT2D eigenvalue weighted by Gasteiger charge is -2.29. The number of likely N-dealkylation sites (N-methyl/N-ethyl adjacent to an activating group) is 1. The normalized spacial score (nSPS) is 23.2. The van der Waals surface area contributed by atoms with Crippen LogP contribution in [0.15, 0.2) is 0 Å². The van der Waals surface area contributed by atoms with Gasteiger partial charge in [-0.1, -0.05) is 0 Å². The molecule has 1 N–H and O–H groups in total. The largest absolute Gasteiger partial charge is 0.311 e. The molecule has 1 aliphatic heterocycles. The molecule has 0 bridgehead atoms. The van der Waals surface area contributed by atoms with Crippen LogP contribution in [0.1, 0.15) is 33.6 Å². The summed E-state index contributed by atoms with van der Waals surface area (Å²) < 4.78 is 0. The fraction of sp³-hybridized carbons (Fsp3) is 1.00. The third kappa shape index (κ3) is 5.28. The highest BCUT2D eigenvalue weighted by molar-refractivity contribution is 4.82. The molecule has 1 rings (SSSR count). The molecule has 1 unspecified atom stereocenters. The van der Waals surface area contributed by atoms with E-state index in [1.165, 1.54) is 32.5 Å². The summed E-state index contributed by atoms with van der Waals surface area (Å²) in [5.74, 6) is 0. The molecule has 1 aliphatic rings. The molecular formula is C13H29N3. The average Bonchev–Trinajstić information content (AvgIpc) is 2.49. The quantitative estimate of drug-likeness (QED) is 0.766. The SMILES string of the molecule is CN(C)CC1CCCN1CCNC(C)(C)C. The van der Waals surface area contributed by atoms with Gasteiger partial charge in [0, 0.05) is 31.2 Å². The minimum absolute atomic E-state index is 0.247. The first-order valence-electron chi connectivity index (χ1n) is 6.52. The van der Waals surface area contributed by atoms with E-state index < -0.39 is 0 Å². The van der Waals surface area contributed by atoms with E-state index in [-0.39, 0.29) is 5.54 Å². The van der Waals surface area contributed by atoms with Crippen LogP contribution in [0.4, 0.5) is 0 Å². The van der Waals surface area contributed by atoms with Crippen LogP contribution in [0.5, 0.6) is 0 Å². The molecule has 0 radical (unpaired) electrons. The predicted octanol–water partition coefficient (Wildman–Crippen LogP) is 1.40. The second-order valence-electron chi connectivity index (χ2n) is 6.27. The molecule has 1 atom stereocenters. The highest BCUT2D eigenvalue weighted by atomic mass is 15.2. The van der Waals surface area contributed by atoms with E-state index in [9.17, 15) is 0 Å². The zero-order valence-electron chi connectivity index (χ0n) is 11.7. The van der Waals surface area contributed by atoms with Gasteiger partial charge < -0.3 is 10.2 Å². The first kappa shape index (κ1) is 13.9. The number of hydrogen-bond acceptors (Lipinski definition) is 3. The molecule has 0 aliphatic carbocycles. The van der Waals surface area contributed by atoms with Gasteiger partial charge in [-0.05, 0) is 54.3 Å². The fourth-order valence-electron chi connectivity index (χ4n) is 2.39. The van der Waals surface area contributed by atoms with Crippen LogP contribution in [0.3, 0.4) is 0 Å². The minimum Gasteiger partial charge on any atom is -0.311 e. The summed E-state index contributed by atoms with van der Waals surface area (Å²) >= 11 is 0. The monoisotopic (exact) mass is 227 g/mol.